The van der Waals surface area contributed by atoms with E-state index in [1.165, 1.54) is 23.9 Å². The molecule has 0 aromatic heterocycles. The molecule has 1 aromatic carbocycles. The van der Waals surface area contributed by atoms with Crippen LogP contribution >= 0.6 is 11.8 Å². The summed E-state index contributed by atoms with van der Waals surface area (Å²) in [6.45, 7) is 1.06. The van der Waals surface area contributed by atoms with E-state index in [4.69, 9.17) is 9.84 Å². The number of aliphatic hydroxyl groups excluding tert-OH is 1. The number of benzene rings is 1. The monoisotopic (exact) mass is 273 g/mol. The first-order valence-corrected chi connectivity index (χ1v) is 6.54. The first-order valence-electron chi connectivity index (χ1n) is 5.56. The van der Waals surface area contributed by atoms with Gasteiger partial charge in [-0.1, -0.05) is 0 Å². The van der Waals surface area contributed by atoms with Crippen molar-refractivity contribution in [2.45, 2.75) is 4.90 Å². The smallest absolute Gasteiger partial charge is 0.230 e. The number of halogens is 1. The third-order valence-electron chi connectivity index (χ3n) is 1.99. The maximum atomic E-state index is 12.6. The molecule has 6 heteroatoms. The molecule has 0 saturated carbocycles. The number of aliphatic hydroxyl groups is 1. The van der Waals surface area contributed by atoms with Crippen molar-refractivity contribution in [2.24, 2.45) is 0 Å². The number of hydrogen-bond donors (Lipinski definition) is 2. The van der Waals surface area contributed by atoms with Crippen molar-refractivity contribution in [3.63, 3.8) is 0 Å². The van der Waals surface area contributed by atoms with Crippen LogP contribution in [0.3, 0.4) is 0 Å². The fourth-order valence-electron chi connectivity index (χ4n) is 1.16. The molecule has 0 heterocycles. The summed E-state index contributed by atoms with van der Waals surface area (Å²) < 4.78 is 17.6. The maximum Gasteiger partial charge on any atom is 0.230 e. The third kappa shape index (κ3) is 6.58. The minimum absolute atomic E-state index is 0.0195. The molecule has 18 heavy (non-hydrogen) atoms. The Morgan fingerprint density at radius 1 is 1.33 bits per heavy atom. The number of carbonyl (C=O) groups excluding carboxylic acids is 1. The molecule has 4 nitrogen and oxygen atoms in total. The molecular weight excluding hydrogens is 257 g/mol. The number of hydrogen-bond acceptors (Lipinski definition) is 4. The van der Waals surface area contributed by atoms with Gasteiger partial charge in [-0.05, 0) is 24.3 Å². The van der Waals surface area contributed by atoms with E-state index in [0.29, 0.717) is 13.2 Å². The van der Waals surface area contributed by atoms with Crippen LogP contribution in [0.5, 0.6) is 0 Å². The van der Waals surface area contributed by atoms with Gasteiger partial charge >= 0.3 is 0 Å². The van der Waals surface area contributed by atoms with Gasteiger partial charge in [-0.25, -0.2) is 4.39 Å². The predicted octanol–water partition coefficient (Wildman–Crippen LogP) is 1.04. The highest BCUT2D eigenvalue weighted by molar-refractivity contribution is 8.00. The molecule has 0 aliphatic carbocycles. The Hall–Kier alpha value is -1.11. The molecule has 1 aromatic rings. The number of rotatable bonds is 8. The van der Waals surface area contributed by atoms with E-state index in [1.807, 2.05) is 0 Å². The van der Waals surface area contributed by atoms with Gasteiger partial charge < -0.3 is 15.2 Å². The van der Waals surface area contributed by atoms with Gasteiger partial charge in [-0.3, -0.25) is 4.79 Å². The molecule has 1 amide bonds. The number of nitrogens with one attached hydrogen (secondary N) is 1. The van der Waals surface area contributed by atoms with Gasteiger partial charge in [0.2, 0.25) is 5.91 Å². The van der Waals surface area contributed by atoms with Crippen LogP contribution in [0.1, 0.15) is 0 Å². The Morgan fingerprint density at radius 3 is 2.72 bits per heavy atom. The zero-order valence-electron chi connectivity index (χ0n) is 9.89. The topological polar surface area (TPSA) is 58.6 Å². The second-order valence-corrected chi connectivity index (χ2v) is 4.48. The summed E-state index contributed by atoms with van der Waals surface area (Å²) >= 11 is 1.35. The number of ether oxygens (including phenoxy) is 1. The fraction of sp³-hybridized carbons (Fsp3) is 0.417. The Bertz CT molecular complexity index is 359. The van der Waals surface area contributed by atoms with Crippen LogP contribution in [0.2, 0.25) is 0 Å². The van der Waals surface area contributed by atoms with Gasteiger partial charge in [0.05, 0.1) is 25.6 Å². The van der Waals surface area contributed by atoms with E-state index in [0.717, 1.165) is 4.90 Å². The molecule has 0 spiro atoms. The molecule has 0 aliphatic heterocycles. The lowest BCUT2D eigenvalue weighted by atomic mass is 10.4. The summed E-state index contributed by atoms with van der Waals surface area (Å²) in [5.41, 5.74) is 0. The van der Waals surface area contributed by atoms with Gasteiger partial charge in [0.15, 0.2) is 0 Å². The minimum atomic E-state index is -0.287. The molecule has 100 valence electrons. The van der Waals surface area contributed by atoms with E-state index in [1.54, 1.807) is 12.1 Å². The molecule has 0 atom stereocenters. The third-order valence-corrected chi connectivity index (χ3v) is 3.00. The lowest BCUT2D eigenvalue weighted by Crippen LogP contribution is -2.29. The summed E-state index contributed by atoms with van der Waals surface area (Å²) in [7, 11) is 0. The highest BCUT2D eigenvalue weighted by Gasteiger charge is 2.02. The number of amides is 1. The Labute approximate surface area is 110 Å². The van der Waals surface area contributed by atoms with Crippen LogP contribution in [-0.4, -0.2) is 43.1 Å². The highest BCUT2D eigenvalue weighted by atomic mass is 32.2. The van der Waals surface area contributed by atoms with Gasteiger partial charge in [-0.15, -0.1) is 11.8 Å². The lowest BCUT2D eigenvalue weighted by molar-refractivity contribution is -0.118. The van der Waals surface area contributed by atoms with Crippen LogP contribution in [0, 0.1) is 5.82 Å². The second-order valence-electron chi connectivity index (χ2n) is 3.43. The molecule has 2 N–H and O–H groups in total. The summed E-state index contributed by atoms with van der Waals surface area (Å²) in [5, 5.41) is 11.1. The van der Waals surface area contributed by atoms with E-state index in [9.17, 15) is 9.18 Å². The van der Waals surface area contributed by atoms with Crippen molar-refractivity contribution in [1.29, 1.82) is 0 Å². The highest BCUT2D eigenvalue weighted by Crippen LogP contribution is 2.17. The summed E-state index contributed by atoms with van der Waals surface area (Å²) in [6.07, 6.45) is 0. The largest absolute Gasteiger partial charge is 0.394 e. The molecule has 0 unspecified atom stereocenters. The summed E-state index contributed by atoms with van der Waals surface area (Å²) in [6, 6.07) is 6.00. The standard InChI is InChI=1S/C12H16FNO3S/c13-10-1-3-11(4-2-10)18-9-12(16)14-5-7-17-8-6-15/h1-4,15H,5-9H2,(H,14,16). The van der Waals surface area contributed by atoms with Crippen molar-refractivity contribution in [2.75, 3.05) is 32.1 Å². The second kappa shape index (κ2) is 8.91. The molecule has 0 saturated heterocycles. The average molecular weight is 273 g/mol. The lowest BCUT2D eigenvalue weighted by Gasteiger charge is -2.05. The Morgan fingerprint density at radius 2 is 2.06 bits per heavy atom. The van der Waals surface area contributed by atoms with Gasteiger partial charge in [0, 0.05) is 11.4 Å². The van der Waals surface area contributed by atoms with Crippen molar-refractivity contribution >= 4 is 17.7 Å². The first-order chi connectivity index (χ1) is 8.72. The van der Waals surface area contributed by atoms with Crippen LogP contribution in [0.15, 0.2) is 29.2 Å². The molecule has 0 fully saturated rings. The average Bonchev–Trinajstić information content (AvgIpc) is 2.38. The number of carbonyl (C=O) groups is 1. The SMILES string of the molecule is O=C(CSc1ccc(F)cc1)NCCOCCO. The molecule has 0 bridgehead atoms. The summed E-state index contributed by atoms with van der Waals surface area (Å²) in [4.78, 5) is 12.3. The first kappa shape index (κ1) is 14.9. The molecule has 0 aliphatic rings. The minimum Gasteiger partial charge on any atom is -0.394 e. The van der Waals surface area contributed by atoms with Crippen molar-refractivity contribution < 1.29 is 19.0 Å². The van der Waals surface area contributed by atoms with Crippen LogP contribution in [0.25, 0.3) is 0 Å². The van der Waals surface area contributed by atoms with E-state index >= 15 is 0 Å². The van der Waals surface area contributed by atoms with Crippen molar-refractivity contribution in [3.8, 4) is 0 Å². The number of thioether (sulfide) groups is 1. The van der Waals surface area contributed by atoms with Crippen LogP contribution in [0.4, 0.5) is 4.39 Å². The Kier molecular flexibility index (Phi) is 7.40. The normalized spacial score (nSPS) is 10.3. The van der Waals surface area contributed by atoms with E-state index in [2.05, 4.69) is 5.32 Å². The Balaban J connectivity index is 2.11. The quantitative estimate of drug-likeness (QED) is 0.549. The zero-order valence-corrected chi connectivity index (χ0v) is 10.7. The summed E-state index contributed by atoms with van der Waals surface area (Å²) in [5.74, 6) is -0.104. The van der Waals surface area contributed by atoms with Gasteiger partial charge in [0.25, 0.3) is 0 Å². The van der Waals surface area contributed by atoms with Gasteiger partial charge in [0.1, 0.15) is 5.82 Å². The van der Waals surface area contributed by atoms with Crippen molar-refractivity contribution in [1.82, 2.24) is 5.32 Å². The maximum absolute atomic E-state index is 12.6. The van der Waals surface area contributed by atoms with Crippen LogP contribution < -0.4 is 5.32 Å². The van der Waals surface area contributed by atoms with Gasteiger partial charge in [-0.2, -0.15) is 0 Å². The molecule has 1 rings (SSSR count). The molecule has 0 radical (unpaired) electrons. The predicted molar refractivity (Wildman–Crippen MR) is 68.0 cm³/mol. The molecular formula is C12H16FNO3S. The van der Waals surface area contributed by atoms with E-state index in [-0.39, 0.29) is 30.7 Å². The van der Waals surface area contributed by atoms with Crippen molar-refractivity contribution in [3.05, 3.63) is 30.1 Å². The fourth-order valence-corrected chi connectivity index (χ4v) is 1.89. The van der Waals surface area contributed by atoms with Crippen LogP contribution in [-0.2, 0) is 9.53 Å². The zero-order chi connectivity index (χ0) is 13.2. The van der Waals surface area contributed by atoms with E-state index < -0.39 is 0 Å².